The van der Waals surface area contributed by atoms with E-state index in [0.717, 1.165) is 38.4 Å². The van der Waals surface area contributed by atoms with Gasteiger partial charge in [0.1, 0.15) is 0 Å². The van der Waals surface area contributed by atoms with Crippen molar-refractivity contribution in [2.75, 3.05) is 46.4 Å². The number of guanidine groups is 1. The van der Waals surface area contributed by atoms with E-state index in [-0.39, 0.29) is 30.6 Å². The molecule has 0 aromatic heterocycles. The molecule has 0 amide bonds. The van der Waals surface area contributed by atoms with Gasteiger partial charge in [-0.25, -0.2) is 0 Å². The Bertz CT molecular complexity index is 339. The van der Waals surface area contributed by atoms with Crippen LogP contribution in [0.5, 0.6) is 0 Å². The third kappa shape index (κ3) is 10.7. The van der Waals surface area contributed by atoms with Crippen LogP contribution < -0.4 is 10.6 Å². The van der Waals surface area contributed by atoms with E-state index in [0.29, 0.717) is 17.8 Å². The number of hydrogen-bond donors (Lipinski definition) is 3. The number of hydrogen-bond acceptors (Lipinski definition) is 3. The van der Waals surface area contributed by atoms with E-state index in [1.807, 2.05) is 0 Å². The van der Waals surface area contributed by atoms with Gasteiger partial charge < -0.3 is 20.6 Å². The average molecular weight is 454 g/mol. The molecule has 24 heavy (non-hydrogen) atoms. The van der Waals surface area contributed by atoms with Crippen molar-refractivity contribution >= 4 is 29.9 Å². The minimum atomic E-state index is 0. The van der Waals surface area contributed by atoms with E-state index in [1.54, 1.807) is 0 Å². The summed E-state index contributed by atoms with van der Waals surface area (Å²) in [4.78, 5) is 7.18. The molecule has 0 spiro atoms. The van der Waals surface area contributed by atoms with Crippen molar-refractivity contribution in [2.24, 2.45) is 22.7 Å². The Morgan fingerprint density at radius 3 is 2.67 bits per heavy atom. The van der Waals surface area contributed by atoms with Crippen molar-refractivity contribution < 1.29 is 5.11 Å². The van der Waals surface area contributed by atoms with E-state index in [4.69, 9.17) is 4.99 Å². The molecule has 1 fully saturated rings. The van der Waals surface area contributed by atoms with Gasteiger partial charge in [0.15, 0.2) is 5.96 Å². The second-order valence-corrected chi connectivity index (χ2v) is 7.38. The molecule has 5 nitrogen and oxygen atoms in total. The molecule has 0 aromatic carbocycles. The van der Waals surface area contributed by atoms with Crippen LogP contribution in [0.3, 0.4) is 0 Å². The van der Waals surface area contributed by atoms with E-state index >= 15 is 0 Å². The van der Waals surface area contributed by atoms with Gasteiger partial charge in [-0.2, -0.15) is 0 Å². The minimum Gasteiger partial charge on any atom is -0.396 e. The first-order valence-corrected chi connectivity index (χ1v) is 9.36. The van der Waals surface area contributed by atoms with Crippen molar-refractivity contribution in [2.45, 2.75) is 46.5 Å². The predicted octanol–water partition coefficient (Wildman–Crippen LogP) is 2.55. The summed E-state index contributed by atoms with van der Waals surface area (Å²) in [5.41, 5.74) is 0. The van der Waals surface area contributed by atoms with Gasteiger partial charge in [0.05, 0.1) is 0 Å². The molecule has 0 aromatic rings. The first-order chi connectivity index (χ1) is 11.0. The molecule has 1 aliphatic heterocycles. The second-order valence-electron chi connectivity index (χ2n) is 7.38. The molecule has 6 heteroatoms. The first-order valence-electron chi connectivity index (χ1n) is 9.36. The highest BCUT2D eigenvalue weighted by atomic mass is 127. The fourth-order valence-electron chi connectivity index (χ4n) is 3.38. The monoisotopic (exact) mass is 454 g/mol. The second kappa shape index (κ2) is 14.1. The third-order valence-electron chi connectivity index (χ3n) is 4.47. The summed E-state index contributed by atoms with van der Waals surface area (Å²) in [5.74, 6) is 2.75. The lowest BCUT2D eigenvalue weighted by atomic mass is 9.94. The van der Waals surface area contributed by atoms with Crippen LogP contribution in [0.1, 0.15) is 46.5 Å². The highest BCUT2D eigenvalue weighted by molar-refractivity contribution is 14.0. The SMILES string of the molecule is CCNC(=NCC(CCO)CC(C)C)NCC1CCCN(C)C1.I. The van der Waals surface area contributed by atoms with Crippen LogP contribution in [-0.4, -0.2) is 62.3 Å². The summed E-state index contributed by atoms with van der Waals surface area (Å²) in [6, 6.07) is 0. The highest BCUT2D eigenvalue weighted by Gasteiger charge is 2.17. The zero-order valence-corrected chi connectivity index (χ0v) is 18.4. The summed E-state index contributed by atoms with van der Waals surface area (Å²) < 4.78 is 0. The minimum absolute atomic E-state index is 0. The van der Waals surface area contributed by atoms with Crippen LogP contribution in [0.15, 0.2) is 4.99 Å². The summed E-state index contributed by atoms with van der Waals surface area (Å²) in [5, 5.41) is 16.1. The van der Waals surface area contributed by atoms with E-state index in [2.05, 4.69) is 43.4 Å². The van der Waals surface area contributed by atoms with E-state index < -0.39 is 0 Å². The Balaban J connectivity index is 0.00000529. The first kappa shape index (κ1) is 23.9. The topological polar surface area (TPSA) is 59.9 Å². The van der Waals surface area contributed by atoms with Crippen LogP contribution >= 0.6 is 24.0 Å². The number of aliphatic imine (C=N–C) groups is 1. The maximum Gasteiger partial charge on any atom is 0.191 e. The molecular formula is C18H39IN4O. The van der Waals surface area contributed by atoms with E-state index in [9.17, 15) is 5.11 Å². The molecule has 3 N–H and O–H groups in total. The lowest BCUT2D eigenvalue weighted by Gasteiger charge is -2.30. The molecule has 0 bridgehead atoms. The molecule has 0 aliphatic carbocycles. The molecule has 1 rings (SSSR count). The number of piperidine rings is 1. The molecule has 1 heterocycles. The fourth-order valence-corrected chi connectivity index (χ4v) is 3.38. The Labute approximate surface area is 166 Å². The lowest BCUT2D eigenvalue weighted by Crippen LogP contribution is -2.43. The van der Waals surface area contributed by atoms with Gasteiger partial charge in [0.25, 0.3) is 0 Å². The largest absolute Gasteiger partial charge is 0.396 e. The Hall–Kier alpha value is -0.0800. The summed E-state index contributed by atoms with van der Waals surface area (Å²) in [6.45, 7) is 11.9. The van der Waals surface area contributed by atoms with E-state index in [1.165, 1.54) is 25.9 Å². The molecule has 0 radical (unpaired) electrons. The number of aliphatic hydroxyl groups excluding tert-OH is 1. The van der Waals surface area contributed by atoms with Crippen LogP contribution in [0, 0.1) is 17.8 Å². The van der Waals surface area contributed by atoms with Crippen LogP contribution in [0.25, 0.3) is 0 Å². The number of nitrogens with zero attached hydrogens (tertiary/aromatic N) is 2. The predicted molar refractivity (Wildman–Crippen MR) is 114 cm³/mol. The smallest absolute Gasteiger partial charge is 0.191 e. The number of nitrogens with one attached hydrogen (secondary N) is 2. The third-order valence-corrected chi connectivity index (χ3v) is 4.47. The van der Waals surface area contributed by atoms with Crippen LogP contribution in [0.4, 0.5) is 0 Å². The quantitative estimate of drug-likeness (QED) is 0.285. The van der Waals surface area contributed by atoms with Gasteiger partial charge in [0, 0.05) is 32.8 Å². The summed E-state index contributed by atoms with van der Waals surface area (Å²) >= 11 is 0. The number of aliphatic hydroxyl groups is 1. The number of halogens is 1. The highest BCUT2D eigenvalue weighted by Crippen LogP contribution is 2.16. The summed E-state index contributed by atoms with van der Waals surface area (Å²) in [6.07, 6.45) is 4.56. The van der Waals surface area contributed by atoms with Crippen molar-refractivity contribution in [3.8, 4) is 0 Å². The lowest BCUT2D eigenvalue weighted by molar-refractivity contribution is 0.210. The average Bonchev–Trinajstić information content (AvgIpc) is 2.49. The molecule has 2 unspecified atom stereocenters. The molecule has 0 saturated carbocycles. The molecular weight excluding hydrogens is 415 g/mol. The normalized spacial score (nSPS) is 20.6. The molecule has 1 aliphatic rings. The zero-order chi connectivity index (χ0) is 17.1. The van der Waals surface area contributed by atoms with Crippen molar-refractivity contribution in [1.82, 2.24) is 15.5 Å². The van der Waals surface area contributed by atoms with Gasteiger partial charge in [-0.15, -0.1) is 24.0 Å². The summed E-state index contributed by atoms with van der Waals surface area (Å²) in [7, 11) is 2.21. The standard InChI is InChI=1S/C18H38N4O.HI/c1-5-19-18(20-12-16(8-10-23)11-15(2)3)21-13-17-7-6-9-22(4)14-17;/h15-17,23H,5-14H2,1-4H3,(H2,19,20,21);1H. The number of likely N-dealkylation sites (tertiary alicyclic amines) is 1. The van der Waals surface area contributed by atoms with Crippen LogP contribution in [0.2, 0.25) is 0 Å². The van der Waals surface area contributed by atoms with Gasteiger partial charge >= 0.3 is 0 Å². The van der Waals surface area contributed by atoms with Gasteiger partial charge in [0.2, 0.25) is 0 Å². The molecule has 2 atom stereocenters. The van der Waals surface area contributed by atoms with Gasteiger partial charge in [-0.3, -0.25) is 4.99 Å². The number of rotatable bonds is 9. The molecule has 144 valence electrons. The van der Waals surface area contributed by atoms with Crippen molar-refractivity contribution in [3.05, 3.63) is 0 Å². The van der Waals surface area contributed by atoms with Gasteiger partial charge in [-0.05, 0) is 64.0 Å². The Morgan fingerprint density at radius 2 is 2.08 bits per heavy atom. The Morgan fingerprint density at radius 1 is 1.33 bits per heavy atom. The molecule has 1 saturated heterocycles. The van der Waals surface area contributed by atoms with Gasteiger partial charge in [-0.1, -0.05) is 13.8 Å². The fraction of sp³-hybridized carbons (Fsp3) is 0.944. The van der Waals surface area contributed by atoms with Crippen molar-refractivity contribution in [3.63, 3.8) is 0 Å². The Kier molecular flexibility index (Phi) is 14.1. The zero-order valence-electron chi connectivity index (χ0n) is 16.1. The van der Waals surface area contributed by atoms with Crippen LogP contribution in [-0.2, 0) is 0 Å². The van der Waals surface area contributed by atoms with Crippen molar-refractivity contribution in [1.29, 1.82) is 0 Å². The maximum atomic E-state index is 9.23. The maximum absolute atomic E-state index is 9.23.